The van der Waals surface area contributed by atoms with Crippen LogP contribution in [0.25, 0.3) is 10.8 Å². The second kappa shape index (κ2) is 17.1. The van der Waals surface area contributed by atoms with Crippen molar-refractivity contribution in [3.63, 3.8) is 0 Å². The molecule has 0 aliphatic rings. The van der Waals surface area contributed by atoms with E-state index in [1.165, 1.54) is 5.56 Å². The van der Waals surface area contributed by atoms with Crippen LogP contribution in [-0.4, -0.2) is 19.2 Å². The second-order valence-corrected chi connectivity index (χ2v) is 11.6. The van der Waals surface area contributed by atoms with Gasteiger partial charge >= 0.3 is 5.97 Å². The number of esters is 1. The Balaban J connectivity index is 1.07. The number of fused-ring (bicyclic) bond motifs is 1. The summed E-state index contributed by atoms with van der Waals surface area (Å²) in [6.45, 7) is 5.79. The molecule has 0 saturated carbocycles. The smallest absolute Gasteiger partial charge is 0.313 e. The Morgan fingerprint density at radius 1 is 0.609 bits per heavy atom. The Kier molecular flexibility index (Phi) is 12.1. The lowest BCUT2D eigenvalue weighted by molar-refractivity contribution is -0.144. The van der Waals surface area contributed by atoms with E-state index in [2.05, 4.69) is 54.6 Å². The molecule has 0 N–H and O–H groups in total. The van der Waals surface area contributed by atoms with Crippen LogP contribution in [0.2, 0.25) is 0 Å². The van der Waals surface area contributed by atoms with Gasteiger partial charge in [0.25, 0.3) is 0 Å². The number of carbonyl (C=O) groups excluding carboxylic acids is 1. The molecular weight excluding hydrogens is 572 g/mol. The Hall–Kier alpha value is -4.77. The van der Waals surface area contributed by atoms with E-state index in [1.807, 2.05) is 74.5 Å². The van der Waals surface area contributed by atoms with E-state index in [-0.39, 0.29) is 11.9 Å². The summed E-state index contributed by atoms with van der Waals surface area (Å²) in [7, 11) is 0. The second-order valence-electron chi connectivity index (χ2n) is 11.6. The van der Waals surface area contributed by atoms with Crippen LogP contribution in [0.15, 0.2) is 115 Å². The van der Waals surface area contributed by atoms with Gasteiger partial charge in [-0.1, -0.05) is 104 Å². The summed E-state index contributed by atoms with van der Waals surface area (Å²) in [5, 5.41) is 2.19. The van der Waals surface area contributed by atoms with Crippen LogP contribution in [0, 0.1) is 0 Å². The van der Waals surface area contributed by atoms with E-state index in [0.29, 0.717) is 26.4 Å². The van der Waals surface area contributed by atoms with Crippen LogP contribution in [0.3, 0.4) is 0 Å². The minimum absolute atomic E-state index is 0.193. The number of unbranched alkanes of at least 4 members (excludes halogenated alkanes) is 3. The molecule has 46 heavy (non-hydrogen) atoms. The number of hydrogen-bond donors (Lipinski definition) is 0. The van der Waals surface area contributed by atoms with E-state index in [0.717, 1.165) is 76.8 Å². The van der Waals surface area contributed by atoms with Crippen LogP contribution < -0.4 is 14.2 Å². The molecular formula is C41H44O5. The van der Waals surface area contributed by atoms with E-state index in [1.54, 1.807) is 0 Å². The summed E-state index contributed by atoms with van der Waals surface area (Å²) in [5.74, 6) is 1.94. The van der Waals surface area contributed by atoms with Gasteiger partial charge in [0.2, 0.25) is 0 Å². The summed E-state index contributed by atoms with van der Waals surface area (Å²) in [4.78, 5) is 12.1. The first kappa shape index (κ1) is 32.6. The highest BCUT2D eigenvalue weighted by Crippen LogP contribution is 2.31. The molecule has 5 nitrogen and oxygen atoms in total. The van der Waals surface area contributed by atoms with Crippen molar-refractivity contribution < 1.29 is 23.7 Å². The number of benzene rings is 5. The average molecular weight is 617 g/mol. The molecule has 0 bridgehead atoms. The fraction of sp³-hybridized carbons (Fsp3) is 0.293. The van der Waals surface area contributed by atoms with Crippen molar-refractivity contribution in [2.24, 2.45) is 0 Å². The maximum absolute atomic E-state index is 12.1. The molecule has 5 rings (SSSR count). The van der Waals surface area contributed by atoms with Gasteiger partial charge in [-0.2, -0.15) is 0 Å². The summed E-state index contributed by atoms with van der Waals surface area (Å²) in [5.41, 5.74) is 4.47. The summed E-state index contributed by atoms with van der Waals surface area (Å²) in [6, 6.07) is 39.0. The third-order valence-electron chi connectivity index (χ3n) is 8.09. The minimum Gasteiger partial charge on any atom is -0.494 e. The highest BCUT2D eigenvalue weighted by molar-refractivity contribution is 5.86. The fourth-order valence-corrected chi connectivity index (χ4v) is 5.39. The van der Waals surface area contributed by atoms with E-state index >= 15 is 0 Å². The normalized spacial score (nSPS) is 11.6. The number of aryl methyl sites for hydroxylation is 1. The van der Waals surface area contributed by atoms with Gasteiger partial charge in [0.15, 0.2) is 11.5 Å². The molecule has 0 fully saturated rings. The molecule has 0 aliphatic carbocycles. The zero-order valence-electron chi connectivity index (χ0n) is 27.0. The topological polar surface area (TPSA) is 54.0 Å². The first-order valence-corrected chi connectivity index (χ1v) is 16.4. The molecule has 0 spiro atoms. The fourth-order valence-electron chi connectivity index (χ4n) is 5.39. The Labute approximate surface area is 273 Å². The molecule has 0 aromatic heterocycles. The summed E-state index contributed by atoms with van der Waals surface area (Å²) in [6.07, 6.45) is 5.34. The van der Waals surface area contributed by atoms with Gasteiger partial charge in [0.05, 0.1) is 19.1 Å². The third kappa shape index (κ3) is 9.61. The number of carbonyl (C=O) groups is 1. The van der Waals surface area contributed by atoms with Gasteiger partial charge in [-0.05, 0) is 90.4 Å². The van der Waals surface area contributed by atoms with Crippen LogP contribution in [-0.2, 0) is 29.2 Å². The number of rotatable bonds is 17. The summed E-state index contributed by atoms with van der Waals surface area (Å²) < 4.78 is 23.7. The van der Waals surface area contributed by atoms with Crippen LogP contribution >= 0.6 is 0 Å². The van der Waals surface area contributed by atoms with Crippen LogP contribution in [0.4, 0.5) is 0 Å². The maximum Gasteiger partial charge on any atom is 0.313 e. The lowest BCUT2D eigenvalue weighted by Crippen LogP contribution is -2.12. The standard InChI is InChI=1S/C41H44O5/c1-3-43-41(42)31(2)35-20-21-37-28-38(23-22-36(37)27-35)44-25-13-5-4-8-14-32-19-24-39(45-29-33-15-9-6-10-16-33)40(26-32)46-30-34-17-11-7-12-18-34/h6-7,9-12,15-24,26-28,31H,3-5,8,13-14,25,29-30H2,1-2H3/t31-/m0/s1. The maximum atomic E-state index is 12.1. The average Bonchev–Trinajstić information content (AvgIpc) is 3.10. The molecule has 5 aromatic carbocycles. The molecule has 0 heterocycles. The molecule has 0 saturated heterocycles. The van der Waals surface area contributed by atoms with Crippen molar-refractivity contribution in [3.8, 4) is 17.2 Å². The Morgan fingerprint density at radius 3 is 1.98 bits per heavy atom. The van der Waals surface area contributed by atoms with Gasteiger partial charge in [-0.25, -0.2) is 0 Å². The predicted octanol–water partition coefficient (Wildman–Crippen LogP) is 9.85. The van der Waals surface area contributed by atoms with Gasteiger partial charge in [0, 0.05) is 0 Å². The van der Waals surface area contributed by atoms with Crippen molar-refractivity contribution >= 4 is 16.7 Å². The highest BCUT2D eigenvalue weighted by Gasteiger charge is 2.16. The van der Waals surface area contributed by atoms with Crippen molar-refractivity contribution in [1.82, 2.24) is 0 Å². The van der Waals surface area contributed by atoms with Crippen LogP contribution in [0.1, 0.15) is 67.7 Å². The van der Waals surface area contributed by atoms with Crippen molar-refractivity contribution in [1.29, 1.82) is 0 Å². The SMILES string of the molecule is CCOC(=O)[C@@H](C)c1ccc2cc(OCCCCCCc3ccc(OCc4ccccc4)c(OCc4ccccc4)c3)ccc2c1. The van der Waals surface area contributed by atoms with E-state index in [9.17, 15) is 4.79 Å². The molecule has 1 atom stereocenters. The first-order valence-electron chi connectivity index (χ1n) is 16.4. The zero-order chi connectivity index (χ0) is 32.0. The molecule has 238 valence electrons. The molecule has 0 aliphatic heterocycles. The molecule has 0 unspecified atom stereocenters. The number of hydrogen-bond acceptors (Lipinski definition) is 5. The van der Waals surface area contributed by atoms with Gasteiger partial charge < -0.3 is 18.9 Å². The molecule has 5 aromatic rings. The summed E-state index contributed by atoms with van der Waals surface area (Å²) >= 11 is 0. The van der Waals surface area contributed by atoms with Gasteiger partial charge in [-0.3, -0.25) is 4.79 Å². The predicted molar refractivity (Wildman–Crippen MR) is 185 cm³/mol. The quantitative estimate of drug-likeness (QED) is 0.0769. The van der Waals surface area contributed by atoms with E-state index in [4.69, 9.17) is 18.9 Å². The zero-order valence-corrected chi connectivity index (χ0v) is 27.0. The molecule has 0 radical (unpaired) electrons. The van der Waals surface area contributed by atoms with Crippen LogP contribution in [0.5, 0.6) is 17.2 Å². The monoisotopic (exact) mass is 616 g/mol. The highest BCUT2D eigenvalue weighted by atomic mass is 16.5. The minimum atomic E-state index is -0.284. The third-order valence-corrected chi connectivity index (χ3v) is 8.09. The van der Waals surface area contributed by atoms with E-state index < -0.39 is 0 Å². The van der Waals surface area contributed by atoms with Crippen molar-refractivity contribution in [2.75, 3.05) is 13.2 Å². The first-order chi connectivity index (χ1) is 22.6. The van der Waals surface area contributed by atoms with Crippen molar-refractivity contribution in [2.45, 2.75) is 65.1 Å². The van der Waals surface area contributed by atoms with Crippen molar-refractivity contribution in [3.05, 3.63) is 138 Å². The van der Waals surface area contributed by atoms with Gasteiger partial charge in [0.1, 0.15) is 19.0 Å². The Bertz CT molecular complexity index is 1670. The molecule has 5 heteroatoms. The number of ether oxygens (including phenoxy) is 4. The molecule has 0 amide bonds. The lowest BCUT2D eigenvalue weighted by atomic mass is 9.98. The largest absolute Gasteiger partial charge is 0.494 e. The lowest BCUT2D eigenvalue weighted by Gasteiger charge is -2.15. The van der Waals surface area contributed by atoms with Gasteiger partial charge in [-0.15, -0.1) is 0 Å². The Morgan fingerprint density at radius 2 is 1.26 bits per heavy atom.